The summed E-state index contributed by atoms with van der Waals surface area (Å²) in [4.78, 5) is 29.3. The van der Waals surface area contributed by atoms with Crippen molar-refractivity contribution in [2.45, 2.75) is 0 Å². The van der Waals surface area contributed by atoms with Gasteiger partial charge in [-0.2, -0.15) is 5.10 Å². The van der Waals surface area contributed by atoms with E-state index in [0.717, 1.165) is 11.0 Å². The summed E-state index contributed by atoms with van der Waals surface area (Å²) in [6.07, 6.45) is 2.47. The molecule has 0 aliphatic rings. The molecule has 0 bridgehead atoms. The van der Waals surface area contributed by atoms with E-state index in [-0.39, 0.29) is 17.3 Å². The number of anilines is 1. The molecular weight excluding hydrogens is 268 g/mol. The minimum absolute atomic E-state index is 0.0997. The molecule has 4 N–H and O–H groups in total. The molecule has 0 radical (unpaired) electrons. The molecule has 0 aliphatic carbocycles. The molecule has 2 heterocycles. The SMILES string of the molecule is CNC(=O)c1ccn(-c2ncnc(NN)c2[N+](=O)[O-])n1. The van der Waals surface area contributed by atoms with Crippen molar-refractivity contribution in [3.05, 3.63) is 34.4 Å². The topological polar surface area (TPSA) is 154 Å². The van der Waals surface area contributed by atoms with Crippen molar-refractivity contribution < 1.29 is 9.72 Å². The monoisotopic (exact) mass is 278 g/mol. The molecule has 2 rings (SSSR count). The van der Waals surface area contributed by atoms with Gasteiger partial charge in [-0.3, -0.25) is 14.9 Å². The summed E-state index contributed by atoms with van der Waals surface area (Å²) < 4.78 is 1.10. The first kappa shape index (κ1) is 13.4. The summed E-state index contributed by atoms with van der Waals surface area (Å²) in [7, 11) is 1.45. The zero-order valence-electron chi connectivity index (χ0n) is 10.3. The Labute approximate surface area is 111 Å². The quantitative estimate of drug-likeness (QED) is 0.373. The Hall–Kier alpha value is -3.08. The lowest BCUT2D eigenvalue weighted by atomic mass is 10.4. The van der Waals surface area contributed by atoms with E-state index in [0.29, 0.717) is 0 Å². The number of carbonyl (C=O) groups is 1. The van der Waals surface area contributed by atoms with E-state index < -0.39 is 16.5 Å². The van der Waals surface area contributed by atoms with Gasteiger partial charge < -0.3 is 10.7 Å². The van der Waals surface area contributed by atoms with Crippen LogP contribution < -0.4 is 16.6 Å². The number of nitrogens with two attached hydrogens (primary N) is 1. The van der Waals surface area contributed by atoms with Crippen LogP contribution in [0.5, 0.6) is 0 Å². The minimum atomic E-state index is -0.689. The maximum Gasteiger partial charge on any atom is 0.356 e. The Bertz CT molecular complexity index is 667. The molecule has 0 saturated heterocycles. The highest BCUT2D eigenvalue weighted by atomic mass is 16.6. The first-order valence-electron chi connectivity index (χ1n) is 5.32. The lowest BCUT2D eigenvalue weighted by Gasteiger charge is -2.05. The molecule has 0 fully saturated rings. The smallest absolute Gasteiger partial charge is 0.354 e. The van der Waals surface area contributed by atoms with Gasteiger partial charge in [0.1, 0.15) is 6.33 Å². The normalized spacial score (nSPS) is 10.1. The molecule has 0 saturated carbocycles. The van der Waals surface area contributed by atoms with Crippen molar-refractivity contribution in [2.75, 3.05) is 12.5 Å². The number of hydrogen-bond acceptors (Lipinski definition) is 8. The number of aromatic nitrogens is 4. The van der Waals surface area contributed by atoms with E-state index >= 15 is 0 Å². The van der Waals surface area contributed by atoms with Crippen LogP contribution in [0.1, 0.15) is 10.5 Å². The molecule has 11 heteroatoms. The predicted molar refractivity (Wildman–Crippen MR) is 67.0 cm³/mol. The zero-order chi connectivity index (χ0) is 14.7. The highest BCUT2D eigenvalue weighted by Crippen LogP contribution is 2.26. The summed E-state index contributed by atoms with van der Waals surface area (Å²) >= 11 is 0. The third-order valence-electron chi connectivity index (χ3n) is 2.39. The van der Waals surface area contributed by atoms with Gasteiger partial charge in [-0.05, 0) is 6.07 Å². The zero-order valence-corrected chi connectivity index (χ0v) is 10.3. The van der Waals surface area contributed by atoms with E-state index in [1.54, 1.807) is 0 Å². The van der Waals surface area contributed by atoms with Crippen molar-refractivity contribution in [2.24, 2.45) is 5.84 Å². The molecule has 0 spiro atoms. The van der Waals surface area contributed by atoms with Gasteiger partial charge in [-0.25, -0.2) is 20.5 Å². The number of nitrogen functional groups attached to an aromatic ring is 1. The molecule has 0 atom stereocenters. The molecular formula is C9H10N8O3. The number of hydrazine groups is 1. The number of hydrogen-bond donors (Lipinski definition) is 3. The molecule has 0 aliphatic heterocycles. The van der Waals surface area contributed by atoms with Crippen molar-refractivity contribution in [1.82, 2.24) is 25.1 Å². The first-order valence-corrected chi connectivity index (χ1v) is 5.32. The summed E-state index contributed by atoms with van der Waals surface area (Å²) in [5, 5.41) is 17.4. The minimum Gasteiger partial charge on any atom is -0.354 e. The van der Waals surface area contributed by atoms with Gasteiger partial charge in [0.25, 0.3) is 5.91 Å². The largest absolute Gasteiger partial charge is 0.356 e. The Morgan fingerprint density at radius 3 is 2.85 bits per heavy atom. The molecule has 11 nitrogen and oxygen atoms in total. The molecule has 1 amide bonds. The average Bonchev–Trinajstić information content (AvgIpc) is 2.95. The third kappa shape index (κ3) is 2.24. The number of nitrogens with zero attached hydrogens (tertiary/aromatic N) is 5. The van der Waals surface area contributed by atoms with Crippen LogP contribution in [-0.4, -0.2) is 37.6 Å². The van der Waals surface area contributed by atoms with Crippen molar-refractivity contribution >= 4 is 17.4 Å². The van der Waals surface area contributed by atoms with Crippen molar-refractivity contribution in [1.29, 1.82) is 0 Å². The molecule has 0 aromatic carbocycles. The van der Waals surface area contributed by atoms with Gasteiger partial charge in [0, 0.05) is 13.2 Å². The van der Waals surface area contributed by atoms with Crippen LogP contribution in [0, 0.1) is 10.1 Å². The van der Waals surface area contributed by atoms with Crippen LogP contribution in [0.2, 0.25) is 0 Å². The lowest BCUT2D eigenvalue weighted by Crippen LogP contribution is -2.19. The fourth-order valence-corrected chi connectivity index (χ4v) is 1.50. The fraction of sp³-hybridized carbons (Fsp3) is 0.111. The maximum absolute atomic E-state index is 11.4. The van der Waals surface area contributed by atoms with Crippen LogP contribution in [-0.2, 0) is 0 Å². The second-order valence-electron chi connectivity index (χ2n) is 3.52. The van der Waals surface area contributed by atoms with Crippen LogP contribution in [0.4, 0.5) is 11.5 Å². The number of carbonyl (C=O) groups excluding carboxylic acids is 1. The lowest BCUT2D eigenvalue weighted by molar-refractivity contribution is -0.384. The fourth-order valence-electron chi connectivity index (χ4n) is 1.50. The number of nitro groups is 1. The summed E-state index contributed by atoms with van der Waals surface area (Å²) in [5.41, 5.74) is 1.77. The maximum atomic E-state index is 11.4. The van der Waals surface area contributed by atoms with Gasteiger partial charge in [0.05, 0.1) is 4.92 Å². The molecule has 2 aromatic rings. The van der Waals surface area contributed by atoms with E-state index in [2.05, 4.69) is 25.8 Å². The standard InChI is InChI=1S/C9H10N8O3/c1-11-9(18)5-2-3-16(15-5)8-6(17(19)20)7(14-10)12-4-13-8/h2-4H,10H2,1H3,(H,11,18)(H,12,13,14). The second kappa shape index (κ2) is 5.27. The first-order chi connectivity index (χ1) is 9.58. The van der Waals surface area contributed by atoms with Crippen LogP contribution in [0.3, 0.4) is 0 Å². The average molecular weight is 278 g/mol. The summed E-state index contributed by atoms with van der Waals surface area (Å²) in [6.45, 7) is 0. The molecule has 104 valence electrons. The molecule has 2 aromatic heterocycles. The highest BCUT2D eigenvalue weighted by Gasteiger charge is 2.24. The van der Waals surface area contributed by atoms with Gasteiger partial charge in [-0.1, -0.05) is 0 Å². The Kier molecular flexibility index (Phi) is 3.52. The van der Waals surface area contributed by atoms with Gasteiger partial charge in [0.2, 0.25) is 11.6 Å². The van der Waals surface area contributed by atoms with Crippen LogP contribution >= 0.6 is 0 Å². The van der Waals surface area contributed by atoms with Crippen molar-refractivity contribution in [3.8, 4) is 5.82 Å². The second-order valence-corrected chi connectivity index (χ2v) is 3.52. The van der Waals surface area contributed by atoms with Gasteiger partial charge in [0.15, 0.2) is 5.69 Å². The van der Waals surface area contributed by atoms with Crippen molar-refractivity contribution in [3.63, 3.8) is 0 Å². The third-order valence-corrected chi connectivity index (χ3v) is 2.39. The Balaban J connectivity index is 2.55. The Morgan fingerprint density at radius 2 is 2.25 bits per heavy atom. The number of rotatable bonds is 4. The van der Waals surface area contributed by atoms with Crippen LogP contribution in [0.25, 0.3) is 5.82 Å². The van der Waals surface area contributed by atoms with Crippen LogP contribution in [0.15, 0.2) is 18.6 Å². The van der Waals surface area contributed by atoms with Gasteiger partial charge >= 0.3 is 5.69 Å². The number of nitrogens with one attached hydrogen (secondary N) is 2. The molecule has 20 heavy (non-hydrogen) atoms. The van der Waals surface area contributed by atoms with E-state index in [9.17, 15) is 14.9 Å². The predicted octanol–water partition coefficient (Wildman–Crippen LogP) is -0.784. The number of amides is 1. The highest BCUT2D eigenvalue weighted by molar-refractivity contribution is 5.91. The summed E-state index contributed by atoms with van der Waals surface area (Å²) in [5.74, 6) is 4.49. The molecule has 0 unspecified atom stereocenters. The van der Waals surface area contributed by atoms with E-state index in [4.69, 9.17) is 5.84 Å². The van der Waals surface area contributed by atoms with Gasteiger partial charge in [-0.15, -0.1) is 0 Å². The Morgan fingerprint density at radius 1 is 1.50 bits per heavy atom. The van der Waals surface area contributed by atoms with E-state index in [1.165, 1.54) is 19.3 Å². The van der Waals surface area contributed by atoms with E-state index in [1.807, 2.05) is 0 Å². The summed E-state index contributed by atoms with van der Waals surface area (Å²) in [6, 6.07) is 1.40.